The number of aromatic nitrogens is 2. The van der Waals surface area contributed by atoms with Gasteiger partial charge in [0.2, 0.25) is 29.5 Å². The summed E-state index contributed by atoms with van der Waals surface area (Å²) in [6, 6.07) is 34.9. The summed E-state index contributed by atoms with van der Waals surface area (Å²) in [7, 11) is 0. The van der Waals surface area contributed by atoms with Crippen LogP contribution in [0, 0.1) is 11.8 Å². The van der Waals surface area contributed by atoms with Gasteiger partial charge in [0.25, 0.3) is 0 Å². The van der Waals surface area contributed by atoms with Gasteiger partial charge in [-0.05, 0) is 84.7 Å². The van der Waals surface area contributed by atoms with Crippen LogP contribution >= 0.6 is 22.7 Å². The number of piperidine rings is 2. The maximum Gasteiger partial charge on any atom is 0.250 e. The number of carbonyl (C=O) groups excluding carboxylic acids is 6. The zero-order valence-electron chi connectivity index (χ0n) is 42.1. The van der Waals surface area contributed by atoms with Gasteiger partial charge in [0.05, 0.1) is 27.8 Å². The van der Waals surface area contributed by atoms with Gasteiger partial charge in [-0.1, -0.05) is 109 Å². The molecule has 4 saturated heterocycles. The number of hydrogen-bond acceptors (Lipinski definition) is 10. The van der Waals surface area contributed by atoms with Gasteiger partial charge in [-0.3, -0.25) is 28.8 Å². The molecule has 6 heterocycles. The van der Waals surface area contributed by atoms with Crippen molar-refractivity contribution in [2.24, 2.45) is 11.8 Å². The molecule has 0 saturated carbocycles. The van der Waals surface area contributed by atoms with E-state index in [-0.39, 0.29) is 65.7 Å². The first-order valence-corrected chi connectivity index (χ1v) is 27.8. The molecule has 2 aromatic heterocycles. The molecule has 0 bridgehead atoms. The van der Waals surface area contributed by atoms with Crippen LogP contribution in [0.2, 0.25) is 0 Å². The summed E-state index contributed by atoms with van der Waals surface area (Å²) < 4.78 is 0. The van der Waals surface area contributed by atoms with Crippen molar-refractivity contribution in [3.05, 3.63) is 143 Å². The van der Waals surface area contributed by atoms with Crippen molar-refractivity contribution in [3.8, 4) is 32.0 Å². The minimum Gasteiger partial charge on any atom is -0.343 e. The average molecular weight is 1030 g/mol. The summed E-state index contributed by atoms with van der Waals surface area (Å²) >= 11 is 3.21. The Morgan fingerprint density at radius 1 is 0.527 bits per heavy atom. The second kappa shape index (κ2) is 22.7. The number of carbonyl (C=O) groups is 6. The molecule has 13 nitrogen and oxygen atoms in total. The third kappa shape index (κ3) is 11.1. The van der Waals surface area contributed by atoms with Crippen LogP contribution in [0.4, 0.5) is 0 Å². The molecule has 6 aromatic rings. The van der Waals surface area contributed by atoms with E-state index in [4.69, 9.17) is 9.97 Å². The number of Topliss-reactive ketones (excluding diaryl/α,β-unsaturated/α-hetero) is 1. The first-order chi connectivity index (χ1) is 36.0. The van der Waals surface area contributed by atoms with Crippen LogP contribution in [0.5, 0.6) is 0 Å². The molecule has 0 radical (unpaired) electrons. The van der Waals surface area contributed by atoms with Crippen LogP contribution in [-0.2, 0) is 28.8 Å². The summed E-state index contributed by atoms with van der Waals surface area (Å²) in [5.74, 6) is -1.16. The Bertz CT molecular complexity index is 2760. The van der Waals surface area contributed by atoms with Crippen molar-refractivity contribution in [1.82, 2.24) is 34.9 Å². The monoisotopic (exact) mass is 1030 g/mol. The zero-order chi connectivity index (χ0) is 51.3. The molecule has 4 atom stereocenters. The molecule has 4 aromatic carbocycles. The standard InChI is InChI=1S/C59H63N7O6S2/c1-38(67)63-31-25-43(26-32-63)51(69)35-48(42-11-5-3-6-12-42)58(71)65-29-9-15-49(65)56-60-36-52(73-56)44-21-17-40(18-22-44)41-19-23-45(24-20-41)53-37-61-57(74-53)50-16-10-30-66(50)59(72)54(46-13-7-4-8-14-46)62-55(70)47-27-33-64(34-28-47)39(2)68/h3-8,11-14,17-24,36-37,43,47-50,54H,9-10,15-16,25-35H2,1-2H3,(H,62,70)/t48-,49+,50+,54-/m1/s1. The van der Waals surface area contributed by atoms with Crippen LogP contribution < -0.4 is 5.32 Å². The molecule has 0 spiro atoms. The maximum absolute atomic E-state index is 14.5. The predicted octanol–water partition coefficient (Wildman–Crippen LogP) is 10.0. The van der Waals surface area contributed by atoms with Crippen molar-refractivity contribution in [1.29, 1.82) is 0 Å². The van der Waals surface area contributed by atoms with Crippen molar-refractivity contribution < 1.29 is 28.8 Å². The highest BCUT2D eigenvalue weighted by atomic mass is 32.1. The Morgan fingerprint density at radius 3 is 1.43 bits per heavy atom. The highest BCUT2D eigenvalue weighted by Gasteiger charge is 2.40. The summed E-state index contributed by atoms with van der Waals surface area (Å²) in [6.45, 7) is 6.54. The first-order valence-electron chi connectivity index (χ1n) is 26.2. The van der Waals surface area contributed by atoms with Crippen LogP contribution in [0.15, 0.2) is 122 Å². The van der Waals surface area contributed by atoms with Crippen LogP contribution in [0.1, 0.15) is 117 Å². The normalized spacial score (nSPS) is 19.3. The van der Waals surface area contributed by atoms with Gasteiger partial charge in [0, 0.05) is 83.8 Å². The Morgan fingerprint density at radius 2 is 0.959 bits per heavy atom. The molecule has 1 N–H and O–H groups in total. The summed E-state index contributed by atoms with van der Waals surface area (Å²) in [6.07, 6.45) is 9.66. The Labute approximate surface area is 441 Å². The van der Waals surface area contributed by atoms with Crippen molar-refractivity contribution in [3.63, 3.8) is 0 Å². The zero-order valence-corrected chi connectivity index (χ0v) is 43.7. The van der Waals surface area contributed by atoms with Crippen molar-refractivity contribution >= 4 is 58.0 Å². The van der Waals surface area contributed by atoms with E-state index in [9.17, 15) is 28.8 Å². The number of hydrogen-bond donors (Lipinski definition) is 1. The number of thiazole rings is 2. The maximum atomic E-state index is 14.5. The number of rotatable bonds is 14. The van der Waals surface area contributed by atoms with E-state index in [0.29, 0.717) is 65.0 Å². The average Bonchev–Trinajstić information content (AvgIpc) is 4.30. The fourth-order valence-corrected chi connectivity index (χ4v) is 13.5. The molecule has 4 aliphatic heterocycles. The van der Waals surface area contributed by atoms with Gasteiger partial charge in [0.1, 0.15) is 21.8 Å². The molecular formula is C59H63N7O6S2. The van der Waals surface area contributed by atoms with Gasteiger partial charge < -0.3 is 24.9 Å². The van der Waals surface area contributed by atoms with Gasteiger partial charge in [-0.2, -0.15) is 0 Å². The Kier molecular flexibility index (Phi) is 15.6. The van der Waals surface area contributed by atoms with Crippen molar-refractivity contribution in [2.45, 2.75) is 95.7 Å². The fourth-order valence-electron chi connectivity index (χ4n) is 11.3. The molecular weight excluding hydrogens is 967 g/mol. The molecule has 0 aliphatic carbocycles. The second-order valence-electron chi connectivity index (χ2n) is 20.2. The topological polar surface area (TPSA) is 153 Å². The molecule has 10 rings (SSSR count). The highest BCUT2D eigenvalue weighted by Crippen LogP contribution is 2.42. The largest absolute Gasteiger partial charge is 0.343 e. The fraction of sp³-hybridized carbons (Fsp3) is 0.390. The van der Waals surface area contributed by atoms with Crippen LogP contribution in [0.3, 0.4) is 0 Å². The van der Waals surface area contributed by atoms with E-state index < -0.39 is 12.0 Å². The predicted molar refractivity (Wildman–Crippen MR) is 288 cm³/mol. The lowest BCUT2D eigenvalue weighted by atomic mass is 9.84. The number of likely N-dealkylation sites (tertiary alicyclic amines) is 4. The van der Waals surface area contributed by atoms with E-state index in [1.165, 1.54) is 0 Å². The number of nitrogens with one attached hydrogen (secondary N) is 1. The number of benzene rings is 4. The van der Waals surface area contributed by atoms with Gasteiger partial charge in [-0.15, -0.1) is 22.7 Å². The van der Waals surface area contributed by atoms with Gasteiger partial charge in [-0.25, -0.2) is 9.97 Å². The van der Waals surface area contributed by atoms with E-state index in [2.05, 4.69) is 53.8 Å². The lowest BCUT2D eigenvalue weighted by Gasteiger charge is -2.33. The third-order valence-corrected chi connectivity index (χ3v) is 17.9. The molecule has 0 unspecified atom stereocenters. The first kappa shape index (κ1) is 50.7. The molecule has 4 fully saturated rings. The Hall–Kier alpha value is -6.84. The second-order valence-corrected chi connectivity index (χ2v) is 22.3. The van der Waals surface area contributed by atoms with E-state index in [1.807, 2.05) is 82.9 Å². The van der Waals surface area contributed by atoms with Gasteiger partial charge in [0.15, 0.2) is 0 Å². The minimum absolute atomic E-state index is 0.0154. The van der Waals surface area contributed by atoms with E-state index in [0.717, 1.165) is 78.8 Å². The number of amides is 5. The quantitative estimate of drug-likeness (QED) is 0.113. The summed E-state index contributed by atoms with van der Waals surface area (Å²) in [4.78, 5) is 99.4. The number of ketones is 1. The molecule has 4 aliphatic rings. The van der Waals surface area contributed by atoms with Gasteiger partial charge >= 0.3 is 0 Å². The summed E-state index contributed by atoms with van der Waals surface area (Å²) in [5, 5.41) is 4.89. The Balaban J connectivity index is 0.776. The lowest BCUT2D eigenvalue weighted by Crippen LogP contribution is -2.47. The lowest BCUT2D eigenvalue weighted by molar-refractivity contribution is -0.139. The van der Waals surface area contributed by atoms with Crippen LogP contribution in [0.25, 0.3) is 32.0 Å². The van der Waals surface area contributed by atoms with E-state index >= 15 is 0 Å². The SMILES string of the molecule is CC(=O)N1CCC(C(=O)C[C@@H](C(=O)N2CCC[C@H]2c2ncc(-c3ccc(-c4ccc(-c5cnc([C@@H]6CCCN6C(=O)[C@H](NC(=O)C6CCN(C(C)=O)CC6)c6ccccc6)s5)cc4)cc3)s2)c2ccccc2)CC1. The highest BCUT2D eigenvalue weighted by molar-refractivity contribution is 7.15. The minimum atomic E-state index is -0.824. The number of nitrogens with zero attached hydrogens (tertiary/aromatic N) is 6. The van der Waals surface area contributed by atoms with Crippen LogP contribution in [-0.4, -0.2) is 104 Å². The third-order valence-electron chi connectivity index (χ3n) is 15.6. The van der Waals surface area contributed by atoms with Crippen molar-refractivity contribution in [2.75, 3.05) is 39.3 Å². The molecule has 5 amide bonds. The molecule has 74 heavy (non-hydrogen) atoms. The molecule has 15 heteroatoms. The molecule has 382 valence electrons. The summed E-state index contributed by atoms with van der Waals surface area (Å²) in [5.41, 5.74) is 5.84. The van der Waals surface area contributed by atoms with E-state index in [1.54, 1.807) is 46.3 Å². The smallest absolute Gasteiger partial charge is 0.250 e.